The highest BCUT2D eigenvalue weighted by Gasteiger charge is 2.54. The van der Waals surface area contributed by atoms with Gasteiger partial charge in [-0.25, -0.2) is 4.98 Å². The maximum atomic E-state index is 6.05. The van der Waals surface area contributed by atoms with Gasteiger partial charge in [-0.1, -0.05) is 17.4 Å². The molecule has 0 saturated carbocycles. The SMILES string of the molecule is Cc1nnc(N2CC3(C2)OCC[C@H]3COc2ccccn2)s1. The first-order valence-corrected chi connectivity index (χ1v) is 8.30. The van der Waals surface area contributed by atoms with Gasteiger partial charge in [0.15, 0.2) is 0 Å². The second kappa shape index (κ2) is 5.48. The molecule has 6 nitrogen and oxygen atoms in total. The second-order valence-electron chi connectivity index (χ2n) is 5.84. The molecule has 0 radical (unpaired) electrons. The molecular weight excluding hydrogens is 300 g/mol. The fourth-order valence-corrected chi connectivity index (χ4v) is 3.82. The highest BCUT2D eigenvalue weighted by Crippen LogP contribution is 2.42. The summed E-state index contributed by atoms with van der Waals surface area (Å²) in [6.45, 7) is 5.18. The number of nitrogens with zero attached hydrogens (tertiary/aromatic N) is 4. The number of rotatable bonds is 4. The summed E-state index contributed by atoms with van der Waals surface area (Å²) in [6.07, 6.45) is 2.79. The van der Waals surface area contributed by atoms with Crippen LogP contribution in [0.1, 0.15) is 11.4 Å². The lowest BCUT2D eigenvalue weighted by Gasteiger charge is -2.49. The number of anilines is 1. The summed E-state index contributed by atoms with van der Waals surface area (Å²) < 4.78 is 11.9. The number of pyridine rings is 1. The van der Waals surface area contributed by atoms with Gasteiger partial charge in [0.05, 0.1) is 19.7 Å². The lowest BCUT2D eigenvalue weighted by molar-refractivity contribution is -0.0526. The second-order valence-corrected chi connectivity index (χ2v) is 7.00. The van der Waals surface area contributed by atoms with Crippen molar-refractivity contribution in [1.82, 2.24) is 15.2 Å². The van der Waals surface area contributed by atoms with Gasteiger partial charge in [-0.05, 0) is 19.4 Å². The molecule has 7 heteroatoms. The Morgan fingerprint density at radius 2 is 2.32 bits per heavy atom. The van der Waals surface area contributed by atoms with Crippen molar-refractivity contribution in [3.8, 4) is 5.88 Å². The molecule has 0 aliphatic carbocycles. The summed E-state index contributed by atoms with van der Waals surface area (Å²) in [5, 5.41) is 10.3. The standard InChI is InChI=1S/C15H18N4O2S/c1-11-17-18-14(22-11)19-9-15(10-19)12(5-7-21-15)8-20-13-4-2-3-6-16-13/h2-4,6,12H,5,7-10H2,1H3/t12-/m0/s1. The van der Waals surface area contributed by atoms with Gasteiger partial charge >= 0.3 is 0 Å². The molecule has 2 aromatic heterocycles. The van der Waals surface area contributed by atoms with Crippen molar-refractivity contribution >= 4 is 16.5 Å². The molecule has 0 amide bonds. The Kier molecular flexibility index (Phi) is 3.46. The van der Waals surface area contributed by atoms with Crippen molar-refractivity contribution in [2.45, 2.75) is 18.9 Å². The molecule has 1 atom stereocenters. The van der Waals surface area contributed by atoms with Crippen LogP contribution in [0.15, 0.2) is 24.4 Å². The fourth-order valence-electron chi connectivity index (χ4n) is 3.14. The summed E-state index contributed by atoms with van der Waals surface area (Å²) in [6, 6.07) is 5.71. The average molecular weight is 318 g/mol. The third-order valence-electron chi connectivity index (χ3n) is 4.37. The molecule has 0 bridgehead atoms. The topological polar surface area (TPSA) is 60.4 Å². The maximum Gasteiger partial charge on any atom is 0.213 e. The number of ether oxygens (including phenoxy) is 2. The summed E-state index contributed by atoms with van der Waals surface area (Å²) >= 11 is 1.63. The number of aryl methyl sites for hydroxylation is 1. The molecule has 22 heavy (non-hydrogen) atoms. The van der Waals surface area contributed by atoms with E-state index in [4.69, 9.17) is 9.47 Å². The summed E-state index contributed by atoms with van der Waals surface area (Å²) in [5.41, 5.74) is -0.0889. The van der Waals surface area contributed by atoms with E-state index in [0.717, 1.165) is 36.3 Å². The lowest BCUT2D eigenvalue weighted by atomic mass is 9.81. The predicted octanol–water partition coefficient (Wildman–Crippen LogP) is 1.92. The summed E-state index contributed by atoms with van der Waals surface area (Å²) in [5.74, 6) is 1.08. The van der Waals surface area contributed by atoms with E-state index in [-0.39, 0.29) is 5.60 Å². The number of aromatic nitrogens is 3. The molecule has 2 saturated heterocycles. The maximum absolute atomic E-state index is 6.05. The highest BCUT2D eigenvalue weighted by molar-refractivity contribution is 7.15. The zero-order chi connectivity index (χ0) is 15.0. The minimum atomic E-state index is -0.0889. The molecule has 2 fully saturated rings. The van der Waals surface area contributed by atoms with Crippen molar-refractivity contribution in [2.75, 3.05) is 31.2 Å². The summed E-state index contributed by atoms with van der Waals surface area (Å²) in [7, 11) is 0. The van der Waals surface area contributed by atoms with Crippen LogP contribution in [0, 0.1) is 12.8 Å². The normalized spacial score (nSPS) is 22.8. The predicted molar refractivity (Wildman–Crippen MR) is 83.4 cm³/mol. The smallest absolute Gasteiger partial charge is 0.213 e. The average Bonchev–Trinajstić information content (AvgIpc) is 3.10. The fraction of sp³-hybridized carbons (Fsp3) is 0.533. The van der Waals surface area contributed by atoms with Gasteiger partial charge < -0.3 is 14.4 Å². The molecule has 2 aliphatic rings. The van der Waals surface area contributed by atoms with Crippen molar-refractivity contribution in [1.29, 1.82) is 0 Å². The lowest BCUT2D eigenvalue weighted by Crippen LogP contribution is -2.65. The van der Waals surface area contributed by atoms with Gasteiger partial charge in [0.1, 0.15) is 10.6 Å². The molecule has 4 heterocycles. The molecule has 2 aromatic rings. The highest BCUT2D eigenvalue weighted by atomic mass is 32.1. The van der Waals surface area contributed by atoms with Gasteiger partial charge in [-0.2, -0.15) is 0 Å². The zero-order valence-corrected chi connectivity index (χ0v) is 13.3. The van der Waals surface area contributed by atoms with Crippen LogP contribution < -0.4 is 9.64 Å². The Morgan fingerprint density at radius 1 is 1.41 bits per heavy atom. The van der Waals surface area contributed by atoms with E-state index in [0.29, 0.717) is 18.4 Å². The van der Waals surface area contributed by atoms with Crippen LogP contribution in [-0.4, -0.2) is 47.1 Å². The Hall–Kier alpha value is -1.73. The van der Waals surface area contributed by atoms with Crippen LogP contribution in [0.25, 0.3) is 0 Å². The first-order chi connectivity index (χ1) is 10.8. The van der Waals surface area contributed by atoms with Crippen LogP contribution in [0.5, 0.6) is 5.88 Å². The third-order valence-corrected chi connectivity index (χ3v) is 5.27. The largest absolute Gasteiger partial charge is 0.477 e. The minimum Gasteiger partial charge on any atom is -0.477 e. The number of hydrogen-bond acceptors (Lipinski definition) is 7. The van der Waals surface area contributed by atoms with Crippen molar-refractivity contribution in [2.24, 2.45) is 5.92 Å². The van der Waals surface area contributed by atoms with E-state index in [9.17, 15) is 0 Å². The van der Waals surface area contributed by atoms with Gasteiger partial charge in [0, 0.05) is 24.8 Å². The van der Waals surface area contributed by atoms with Crippen LogP contribution >= 0.6 is 11.3 Å². The van der Waals surface area contributed by atoms with E-state index in [1.54, 1.807) is 17.5 Å². The van der Waals surface area contributed by atoms with E-state index in [1.807, 2.05) is 25.1 Å². The minimum absolute atomic E-state index is 0.0889. The molecule has 116 valence electrons. The first kappa shape index (κ1) is 13.9. The van der Waals surface area contributed by atoms with Crippen LogP contribution in [0.3, 0.4) is 0 Å². The molecule has 4 rings (SSSR count). The van der Waals surface area contributed by atoms with E-state index in [1.165, 1.54) is 0 Å². The van der Waals surface area contributed by atoms with Crippen molar-refractivity contribution in [3.05, 3.63) is 29.4 Å². The molecule has 0 unspecified atom stereocenters. The third kappa shape index (κ3) is 2.44. The van der Waals surface area contributed by atoms with Crippen molar-refractivity contribution in [3.63, 3.8) is 0 Å². The van der Waals surface area contributed by atoms with E-state index in [2.05, 4.69) is 20.1 Å². The molecule has 0 aromatic carbocycles. The first-order valence-electron chi connectivity index (χ1n) is 7.48. The molecule has 0 N–H and O–H groups in total. The Labute approximate surface area is 133 Å². The molecular formula is C15H18N4O2S. The van der Waals surface area contributed by atoms with Gasteiger partial charge in [-0.15, -0.1) is 10.2 Å². The van der Waals surface area contributed by atoms with Gasteiger partial charge in [0.25, 0.3) is 0 Å². The van der Waals surface area contributed by atoms with Crippen LogP contribution in [-0.2, 0) is 4.74 Å². The van der Waals surface area contributed by atoms with Gasteiger partial charge in [-0.3, -0.25) is 0 Å². The van der Waals surface area contributed by atoms with Crippen LogP contribution in [0.4, 0.5) is 5.13 Å². The Balaban J connectivity index is 1.38. The zero-order valence-electron chi connectivity index (χ0n) is 12.4. The number of hydrogen-bond donors (Lipinski definition) is 0. The Bertz CT molecular complexity index is 642. The van der Waals surface area contributed by atoms with Crippen LogP contribution in [0.2, 0.25) is 0 Å². The Morgan fingerprint density at radius 3 is 3.05 bits per heavy atom. The van der Waals surface area contributed by atoms with Crippen molar-refractivity contribution < 1.29 is 9.47 Å². The van der Waals surface area contributed by atoms with Gasteiger partial charge in [0.2, 0.25) is 11.0 Å². The van der Waals surface area contributed by atoms with E-state index < -0.39 is 0 Å². The quantitative estimate of drug-likeness (QED) is 0.858. The monoisotopic (exact) mass is 318 g/mol. The molecule has 2 aliphatic heterocycles. The van der Waals surface area contributed by atoms with E-state index >= 15 is 0 Å². The summed E-state index contributed by atoms with van der Waals surface area (Å²) in [4.78, 5) is 6.45. The molecule has 1 spiro atoms.